The van der Waals surface area contributed by atoms with E-state index in [0.717, 1.165) is 0 Å². The van der Waals surface area contributed by atoms with Gasteiger partial charge in [0.15, 0.2) is 0 Å². The van der Waals surface area contributed by atoms with Crippen molar-refractivity contribution in [3.8, 4) is 11.3 Å². The van der Waals surface area contributed by atoms with Crippen LogP contribution in [0, 0.1) is 5.82 Å². The smallest absolute Gasteiger partial charge is 0.255 e. The quantitative estimate of drug-likeness (QED) is 0.782. The Morgan fingerprint density at radius 1 is 1.32 bits per heavy atom. The molecule has 1 unspecified atom stereocenters. The van der Waals surface area contributed by atoms with E-state index in [1.165, 1.54) is 18.3 Å². The molecule has 2 rings (SSSR count). The number of aromatic amines is 1. The van der Waals surface area contributed by atoms with Gasteiger partial charge in [0.2, 0.25) is 5.91 Å². The second-order valence-corrected chi connectivity index (χ2v) is 4.76. The predicted octanol–water partition coefficient (Wildman–Crippen LogP) is 1.47. The average Bonchev–Trinajstić information content (AvgIpc) is 2.97. The molecule has 3 N–H and O–H groups in total. The van der Waals surface area contributed by atoms with Gasteiger partial charge < -0.3 is 10.6 Å². The summed E-state index contributed by atoms with van der Waals surface area (Å²) in [5.74, 6) is -1.05. The van der Waals surface area contributed by atoms with Crippen LogP contribution in [-0.4, -0.2) is 34.6 Å². The fourth-order valence-electron chi connectivity index (χ4n) is 1.96. The van der Waals surface area contributed by atoms with E-state index in [-0.39, 0.29) is 11.7 Å². The molecular formula is C15H17FN4O2. The molecule has 1 heterocycles. The third kappa shape index (κ3) is 3.49. The molecule has 0 fully saturated rings. The molecule has 0 aliphatic rings. The lowest BCUT2D eigenvalue weighted by Gasteiger charge is -2.13. The predicted molar refractivity (Wildman–Crippen MR) is 79.6 cm³/mol. The molecule has 1 aromatic carbocycles. The van der Waals surface area contributed by atoms with Crippen LogP contribution in [0.15, 0.2) is 30.5 Å². The van der Waals surface area contributed by atoms with Crippen molar-refractivity contribution in [1.29, 1.82) is 0 Å². The molecule has 116 valence electrons. The van der Waals surface area contributed by atoms with Gasteiger partial charge in [-0.15, -0.1) is 0 Å². The number of H-pyrrole nitrogens is 1. The van der Waals surface area contributed by atoms with Crippen molar-refractivity contribution >= 4 is 11.8 Å². The molecule has 1 atom stereocenters. The van der Waals surface area contributed by atoms with Crippen molar-refractivity contribution < 1.29 is 14.0 Å². The maximum absolute atomic E-state index is 13.0. The average molecular weight is 304 g/mol. The number of carbonyl (C=O) groups excluding carboxylic acids is 2. The third-order valence-corrected chi connectivity index (χ3v) is 3.11. The maximum Gasteiger partial charge on any atom is 0.255 e. The van der Waals surface area contributed by atoms with Crippen molar-refractivity contribution in [2.24, 2.45) is 0 Å². The van der Waals surface area contributed by atoms with Crippen molar-refractivity contribution in [3.05, 3.63) is 41.8 Å². The Bertz CT molecular complexity index is 666. The number of benzene rings is 1. The zero-order valence-electron chi connectivity index (χ0n) is 12.3. The summed E-state index contributed by atoms with van der Waals surface area (Å²) in [6, 6.07) is 5.03. The summed E-state index contributed by atoms with van der Waals surface area (Å²) < 4.78 is 13.0. The molecule has 22 heavy (non-hydrogen) atoms. The fraction of sp³-hybridized carbons (Fsp3) is 0.267. The van der Waals surface area contributed by atoms with Gasteiger partial charge in [-0.3, -0.25) is 14.7 Å². The lowest BCUT2D eigenvalue weighted by atomic mass is 10.1. The Hall–Kier alpha value is -2.70. The van der Waals surface area contributed by atoms with Gasteiger partial charge in [0.05, 0.1) is 17.5 Å². The van der Waals surface area contributed by atoms with Crippen LogP contribution >= 0.6 is 0 Å². The number of hydrogen-bond donors (Lipinski definition) is 3. The van der Waals surface area contributed by atoms with Gasteiger partial charge in [-0.2, -0.15) is 5.10 Å². The Morgan fingerprint density at radius 3 is 2.64 bits per heavy atom. The molecule has 2 amide bonds. The van der Waals surface area contributed by atoms with E-state index in [9.17, 15) is 14.0 Å². The number of halogens is 1. The van der Waals surface area contributed by atoms with E-state index in [1.807, 2.05) is 0 Å². The van der Waals surface area contributed by atoms with Crippen LogP contribution in [0.4, 0.5) is 4.39 Å². The molecule has 7 heteroatoms. The first-order valence-electron chi connectivity index (χ1n) is 6.90. The summed E-state index contributed by atoms with van der Waals surface area (Å²) in [5.41, 5.74) is 1.40. The first-order valence-corrected chi connectivity index (χ1v) is 6.90. The molecule has 0 saturated carbocycles. The van der Waals surface area contributed by atoms with E-state index in [1.54, 1.807) is 26.0 Å². The van der Waals surface area contributed by atoms with E-state index in [2.05, 4.69) is 20.8 Å². The monoisotopic (exact) mass is 304 g/mol. The SMILES string of the molecule is CCNC(=O)C(C)NC(=O)c1cn[nH]c1-c1ccc(F)cc1. The van der Waals surface area contributed by atoms with E-state index in [4.69, 9.17) is 0 Å². The van der Waals surface area contributed by atoms with Crippen LogP contribution in [0.3, 0.4) is 0 Å². The topological polar surface area (TPSA) is 86.9 Å². The van der Waals surface area contributed by atoms with Crippen LogP contribution in [0.1, 0.15) is 24.2 Å². The molecule has 6 nitrogen and oxygen atoms in total. The summed E-state index contributed by atoms with van der Waals surface area (Å²) in [6.07, 6.45) is 1.37. The van der Waals surface area contributed by atoms with E-state index in [0.29, 0.717) is 23.4 Å². The van der Waals surface area contributed by atoms with Crippen LogP contribution in [0.2, 0.25) is 0 Å². The van der Waals surface area contributed by atoms with Gasteiger partial charge in [0, 0.05) is 12.1 Å². The first-order chi connectivity index (χ1) is 10.5. The molecule has 0 spiro atoms. The van der Waals surface area contributed by atoms with E-state index < -0.39 is 11.9 Å². The van der Waals surface area contributed by atoms with Gasteiger partial charge in [-0.05, 0) is 38.1 Å². The van der Waals surface area contributed by atoms with Crippen LogP contribution in [0.5, 0.6) is 0 Å². The zero-order valence-corrected chi connectivity index (χ0v) is 12.3. The van der Waals surface area contributed by atoms with Crippen molar-refractivity contribution in [3.63, 3.8) is 0 Å². The second-order valence-electron chi connectivity index (χ2n) is 4.76. The Balaban J connectivity index is 2.16. The van der Waals surface area contributed by atoms with Gasteiger partial charge in [0.1, 0.15) is 11.9 Å². The summed E-state index contributed by atoms with van der Waals surface area (Å²) in [7, 11) is 0. The van der Waals surface area contributed by atoms with Crippen molar-refractivity contribution in [2.75, 3.05) is 6.54 Å². The van der Waals surface area contributed by atoms with Gasteiger partial charge >= 0.3 is 0 Å². The fourth-order valence-corrected chi connectivity index (χ4v) is 1.96. The molecule has 1 aromatic heterocycles. The molecule has 2 aromatic rings. The lowest BCUT2D eigenvalue weighted by Crippen LogP contribution is -2.44. The van der Waals surface area contributed by atoms with E-state index >= 15 is 0 Å². The minimum absolute atomic E-state index is 0.261. The maximum atomic E-state index is 13.0. The zero-order chi connectivity index (χ0) is 16.1. The number of nitrogens with one attached hydrogen (secondary N) is 3. The number of hydrogen-bond acceptors (Lipinski definition) is 3. The molecular weight excluding hydrogens is 287 g/mol. The molecule has 0 saturated heterocycles. The number of carbonyl (C=O) groups is 2. The highest BCUT2D eigenvalue weighted by Crippen LogP contribution is 2.21. The highest BCUT2D eigenvalue weighted by atomic mass is 19.1. The first kappa shape index (κ1) is 15.7. The Labute approximate surface area is 127 Å². The largest absolute Gasteiger partial charge is 0.355 e. The Morgan fingerprint density at radius 2 is 2.00 bits per heavy atom. The van der Waals surface area contributed by atoms with Gasteiger partial charge in [-0.1, -0.05) is 0 Å². The highest BCUT2D eigenvalue weighted by molar-refractivity contribution is 6.01. The van der Waals surface area contributed by atoms with Crippen molar-refractivity contribution in [2.45, 2.75) is 19.9 Å². The normalized spacial score (nSPS) is 11.8. The van der Waals surface area contributed by atoms with Crippen LogP contribution < -0.4 is 10.6 Å². The van der Waals surface area contributed by atoms with Crippen LogP contribution in [-0.2, 0) is 4.79 Å². The summed E-state index contributed by atoms with van der Waals surface area (Å²) in [6.45, 7) is 3.89. The summed E-state index contributed by atoms with van der Waals surface area (Å²) in [4.78, 5) is 23.9. The summed E-state index contributed by atoms with van der Waals surface area (Å²) in [5, 5.41) is 11.8. The second kappa shape index (κ2) is 6.84. The number of likely N-dealkylation sites (N-methyl/N-ethyl adjacent to an activating group) is 1. The van der Waals surface area contributed by atoms with Gasteiger partial charge in [0.25, 0.3) is 5.91 Å². The number of rotatable bonds is 5. The Kier molecular flexibility index (Phi) is 4.88. The highest BCUT2D eigenvalue weighted by Gasteiger charge is 2.20. The minimum atomic E-state index is -0.664. The standard InChI is InChI=1S/C15H17FN4O2/c1-3-17-14(21)9(2)19-15(22)12-8-18-20-13(12)10-4-6-11(16)7-5-10/h4-9H,3H2,1-2H3,(H,17,21)(H,18,20)(H,19,22). The lowest BCUT2D eigenvalue weighted by molar-refractivity contribution is -0.122. The van der Waals surface area contributed by atoms with Crippen molar-refractivity contribution in [1.82, 2.24) is 20.8 Å². The number of amides is 2. The molecule has 0 bridgehead atoms. The summed E-state index contributed by atoms with van der Waals surface area (Å²) >= 11 is 0. The number of nitrogens with zero attached hydrogens (tertiary/aromatic N) is 1. The minimum Gasteiger partial charge on any atom is -0.355 e. The third-order valence-electron chi connectivity index (χ3n) is 3.11. The van der Waals surface area contributed by atoms with Gasteiger partial charge in [-0.25, -0.2) is 4.39 Å². The number of aromatic nitrogens is 2. The molecule has 0 radical (unpaired) electrons. The molecule has 0 aliphatic carbocycles. The molecule has 0 aliphatic heterocycles. The van der Waals surface area contributed by atoms with Crippen LogP contribution in [0.25, 0.3) is 11.3 Å².